The quantitative estimate of drug-likeness (QED) is 0.927. The summed E-state index contributed by atoms with van der Waals surface area (Å²) in [7, 11) is -1.23. The molecule has 2 unspecified atom stereocenters. The molecule has 0 aliphatic heterocycles. The molecule has 0 saturated heterocycles. The standard InChI is InChI=1S/C13H22N2O2S2/c1-9(2)10-8-18-12(15-10)13(14-3)7-5-6-11(13)19(4,16)17/h8-9,11,14H,5-7H2,1-4H3. The summed E-state index contributed by atoms with van der Waals surface area (Å²) in [5.41, 5.74) is 0.555. The van der Waals surface area contributed by atoms with Crippen LogP contribution < -0.4 is 5.32 Å². The molecule has 108 valence electrons. The maximum absolute atomic E-state index is 12.1. The molecule has 1 saturated carbocycles. The monoisotopic (exact) mass is 302 g/mol. The van der Waals surface area contributed by atoms with Crippen molar-refractivity contribution in [1.29, 1.82) is 0 Å². The minimum atomic E-state index is -3.08. The number of aromatic nitrogens is 1. The fraction of sp³-hybridized carbons (Fsp3) is 0.769. The van der Waals surface area contributed by atoms with Gasteiger partial charge in [0.05, 0.1) is 16.5 Å². The van der Waals surface area contributed by atoms with Crippen molar-refractivity contribution < 1.29 is 8.42 Å². The van der Waals surface area contributed by atoms with Crippen LogP contribution in [0.15, 0.2) is 5.38 Å². The first-order valence-electron chi connectivity index (χ1n) is 6.65. The van der Waals surface area contributed by atoms with Gasteiger partial charge in [0, 0.05) is 11.6 Å². The van der Waals surface area contributed by atoms with E-state index in [9.17, 15) is 8.42 Å². The van der Waals surface area contributed by atoms with Crippen LogP contribution in [0, 0.1) is 0 Å². The summed E-state index contributed by atoms with van der Waals surface area (Å²) in [6.07, 6.45) is 3.82. The zero-order chi connectivity index (χ0) is 14.3. The lowest BCUT2D eigenvalue weighted by molar-refractivity contribution is 0.368. The van der Waals surface area contributed by atoms with Crippen molar-refractivity contribution in [3.63, 3.8) is 0 Å². The lowest BCUT2D eigenvalue weighted by Crippen LogP contribution is -2.49. The summed E-state index contributed by atoms with van der Waals surface area (Å²) in [5, 5.41) is 5.88. The molecule has 1 aliphatic carbocycles. The van der Waals surface area contributed by atoms with Crippen molar-refractivity contribution in [2.24, 2.45) is 0 Å². The molecule has 2 atom stereocenters. The maximum atomic E-state index is 12.1. The average molecular weight is 302 g/mol. The summed E-state index contributed by atoms with van der Waals surface area (Å²) >= 11 is 1.58. The van der Waals surface area contributed by atoms with Gasteiger partial charge in [0.25, 0.3) is 0 Å². The third-order valence-corrected chi connectivity index (χ3v) is 6.75. The van der Waals surface area contributed by atoms with E-state index < -0.39 is 15.4 Å². The van der Waals surface area contributed by atoms with Crippen molar-refractivity contribution in [2.45, 2.75) is 49.8 Å². The van der Waals surface area contributed by atoms with Crippen molar-refractivity contribution in [1.82, 2.24) is 10.3 Å². The summed E-state index contributed by atoms with van der Waals surface area (Å²) in [5.74, 6) is 0.372. The van der Waals surface area contributed by atoms with Crippen LogP contribution in [0.1, 0.15) is 49.7 Å². The third-order valence-electron chi connectivity index (χ3n) is 4.05. The van der Waals surface area contributed by atoms with Gasteiger partial charge in [-0.25, -0.2) is 13.4 Å². The summed E-state index contributed by atoms with van der Waals surface area (Å²) in [4.78, 5) is 4.69. The second-order valence-corrected chi connectivity index (χ2v) is 8.75. The molecule has 1 aliphatic rings. The van der Waals surface area contributed by atoms with Gasteiger partial charge < -0.3 is 5.32 Å². The lowest BCUT2D eigenvalue weighted by atomic mass is 9.98. The molecule has 1 aromatic heterocycles. The van der Waals surface area contributed by atoms with Gasteiger partial charge in [-0.3, -0.25) is 0 Å². The van der Waals surface area contributed by atoms with Crippen LogP contribution in [-0.4, -0.2) is 32.0 Å². The molecule has 1 fully saturated rings. The average Bonchev–Trinajstić information content (AvgIpc) is 2.95. The van der Waals surface area contributed by atoms with E-state index in [1.165, 1.54) is 6.26 Å². The highest BCUT2D eigenvalue weighted by Crippen LogP contribution is 2.43. The molecular weight excluding hydrogens is 280 g/mol. The van der Waals surface area contributed by atoms with Gasteiger partial charge in [-0.2, -0.15) is 0 Å². The fourth-order valence-electron chi connectivity index (χ4n) is 2.95. The van der Waals surface area contributed by atoms with Gasteiger partial charge in [0.2, 0.25) is 0 Å². The van der Waals surface area contributed by atoms with Gasteiger partial charge >= 0.3 is 0 Å². The van der Waals surface area contributed by atoms with Crippen LogP contribution in [0.3, 0.4) is 0 Å². The molecule has 0 bridgehead atoms. The Kier molecular flexibility index (Phi) is 4.05. The zero-order valence-corrected chi connectivity index (χ0v) is 13.6. The van der Waals surface area contributed by atoms with E-state index >= 15 is 0 Å². The van der Waals surface area contributed by atoms with Gasteiger partial charge in [-0.1, -0.05) is 13.8 Å². The Morgan fingerprint density at radius 3 is 2.68 bits per heavy atom. The van der Waals surface area contributed by atoms with E-state index in [0.717, 1.165) is 30.0 Å². The Bertz CT molecular complexity index is 551. The minimum Gasteiger partial charge on any atom is -0.307 e. The van der Waals surface area contributed by atoms with Crippen LogP contribution in [0.2, 0.25) is 0 Å². The third kappa shape index (κ3) is 2.58. The first-order valence-corrected chi connectivity index (χ1v) is 9.48. The van der Waals surface area contributed by atoms with Crippen molar-refractivity contribution >= 4 is 21.2 Å². The molecule has 0 aromatic carbocycles. The predicted molar refractivity (Wildman–Crippen MR) is 79.4 cm³/mol. The summed E-state index contributed by atoms with van der Waals surface area (Å²) in [6.45, 7) is 4.21. The first-order chi connectivity index (χ1) is 8.81. The normalized spacial score (nSPS) is 28.2. The van der Waals surface area contributed by atoms with E-state index in [1.54, 1.807) is 11.3 Å². The van der Waals surface area contributed by atoms with Gasteiger partial charge in [-0.15, -0.1) is 11.3 Å². The van der Waals surface area contributed by atoms with E-state index in [2.05, 4.69) is 24.5 Å². The molecule has 0 spiro atoms. The SMILES string of the molecule is CNC1(c2nc(C(C)C)cs2)CCCC1S(C)(=O)=O. The van der Waals surface area contributed by atoms with Crippen LogP contribution in [0.5, 0.6) is 0 Å². The zero-order valence-electron chi connectivity index (χ0n) is 11.9. The molecule has 6 heteroatoms. The topological polar surface area (TPSA) is 59.1 Å². The van der Waals surface area contributed by atoms with Crippen molar-refractivity contribution in [3.05, 3.63) is 16.1 Å². The van der Waals surface area contributed by atoms with Crippen molar-refractivity contribution in [3.8, 4) is 0 Å². The number of rotatable bonds is 4. The highest BCUT2D eigenvalue weighted by molar-refractivity contribution is 7.91. The number of sulfone groups is 1. The molecule has 1 heterocycles. The minimum absolute atomic E-state index is 0.365. The molecule has 0 radical (unpaired) electrons. The number of hydrogen-bond acceptors (Lipinski definition) is 5. The van der Waals surface area contributed by atoms with E-state index in [1.807, 2.05) is 7.05 Å². The van der Waals surface area contributed by atoms with Crippen molar-refractivity contribution in [2.75, 3.05) is 13.3 Å². The Balaban J connectivity index is 2.46. The van der Waals surface area contributed by atoms with Crippen LogP contribution in [-0.2, 0) is 15.4 Å². The lowest BCUT2D eigenvalue weighted by Gasteiger charge is -2.32. The van der Waals surface area contributed by atoms with Gasteiger partial charge in [0.15, 0.2) is 9.84 Å². The Hall–Kier alpha value is -0.460. The molecule has 19 heavy (non-hydrogen) atoms. The van der Waals surface area contributed by atoms with Crippen LogP contribution in [0.25, 0.3) is 0 Å². The van der Waals surface area contributed by atoms with E-state index in [0.29, 0.717) is 5.92 Å². The summed E-state index contributed by atoms with van der Waals surface area (Å²) < 4.78 is 24.1. The van der Waals surface area contributed by atoms with Crippen LogP contribution >= 0.6 is 11.3 Å². The molecule has 4 nitrogen and oxygen atoms in total. The molecule has 1 aromatic rings. The number of thiazole rings is 1. The second-order valence-electron chi connectivity index (χ2n) is 5.66. The number of nitrogens with one attached hydrogen (secondary N) is 1. The molecule has 1 N–H and O–H groups in total. The molecular formula is C13H22N2O2S2. The Morgan fingerprint density at radius 1 is 1.53 bits per heavy atom. The van der Waals surface area contributed by atoms with Gasteiger partial charge in [-0.05, 0) is 32.2 Å². The number of nitrogens with zero attached hydrogens (tertiary/aromatic N) is 1. The highest BCUT2D eigenvalue weighted by Gasteiger charge is 2.50. The Labute approximate surface area is 119 Å². The summed E-state index contributed by atoms with van der Waals surface area (Å²) in [6, 6.07) is 0. The second kappa shape index (κ2) is 5.14. The van der Waals surface area contributed by atoms with Crippen LogP contribution in [0.4, 0.5) is 0 Å². The predicted octanol–water partition coefficient (Wildman–Crippen LogP) is 2.28. The maximum Gasteiger partial charge on any atom is 0.152 e. The highest BCUT2D eigenvalue weighted by atomic mass is 32.2. The van der Waals surface area contributed by atoms with E-state index in [4.69, 9.17) is 4.98 Å². The van der Waals surface area contributed by atoms with E-state index in [-0.39, 0.29) is 5.25 Å². The first kappa shape index (κ1) is 14.9. The number of hydrogen-bond donors (Lipinski definition) is 1. The molecule has 0 amide bonds. The van der Waals surface area contributed by atoms with Gasteiger partial charge in [0.1, 0.15) is 5.01 Å². The smallest absolute Gasteiger partial charge is 0.152 e. The largest absolute Gasteiger partial charge is 0.307 e. The molecule has 2 rings (SSSR count). The Morgan fingerprint density at radius 2 is 2.21 bits per heavy atom. The fourth-order valence-corrected chi connectivity index (χ4v) is 5.97.